The first-order valence-electron chi connectivity index (χ1n) is 11.2. The third kappa shape index (κ3) is 6.99. The Morgan fingerprint density at radius 1 is 1.00 bits per heavy atom. The van der Waals surface area contributed by atoms with Crippen molar-refractivity contribution >= 4 is 5.97 Å². The van der Waals surface area contributed by atoms with Crippen molar-refractivity contribution in [3.05, 3.63) is 48.2 Å². The molecule has 2 rings (SSSR count). The maximum Gasteiger partial charge on any atom is 0.331 e. The minimum Gasteiger partial charge on any atom is -0.425 e. The van der Waals surface area contributed by atoms with Crippen LogP contribution in [0.4, 0.5) is 0 Å². The van der Waals surface area contributed by atoms with Crippen molar-refractivity contribution in [3.63, 3.8) is 0 Å². The van der Waals surface area contributed by atoms with Crippen LogP contribution in [0.3, 0.4) is 0 Å². The van der Waals surface area contributed by atoms with Crippen LogP contribution in [-0.4, -0.2) is 11.0 Å². The molecule has 4 nitrogen and oxygen atoms in total. The fraction of sp³-hybridized carbons (Fsp3) is 0.500. The van der Waals surface area contributed by atoms with Gasteiger partial charge < -0.3 is 4.74 Å². The van der Waals surface area contributed by atoms with Crippen LogP contribution in [0.2, 0.25) is 0 Å². The average Bonchev–Trinajstić information content (AvgIpc) is 2.78. The standard InChI is InChI=1S/C26H34N2O2/c1-4-6-8-9-10-11-21-12-17-24(28-19-21)22-13-15-23(16-14-22)30-25(29)26(3,20-27)18-7-5-2/h12-17,19H,4-11,18H2,1-3H3. The van der Waals surface area contributed by atoms with Crippen LogP contribution in [0.1, 0.15) is 77.7 Å². The summed E-state index contributed by atoms with van der Waals surface area (Å²) in [6, 6.07) is 13.6. The Morgan fingerprint density at radius 3 is 2.30 bits per heavy atom. The normalized spacial score (nSPS) is 12.7. The number of esters is 1. The molecule has 160 valence electrons. The minimum absolute atomic E-state index is 0.449. The zero-order valence-corrected chi connectivity index (χ0v) is 18.6. The van der Waals surface area contributed by atoms with Crippen LogP contribution in [0.5, 0.6) is 5.75 Å². The lowest BCUT2D eigenvalue weighted by Gasteiger charge is -2.19. The highest BCUT2D eigenvalue weighted by atomic mass is 16.5. The van der Waals surface area contributed by atoms with Gasteiger partial charge in [0, 0.05) is 11.8 Å². The number of unbranched alkanes of at least 4 members (excludes halogenated alkanes) is 5. The number of carbonyl (C=O) groups is 1. The van der Waals surface area contributed by atoms with E-state index in [0.29, 0.717) is 12.2 Å². The van der Waals surface area contributed by atoms with E-state index in [0.717, 1.165) is 30.5 Å². The van der Waals surface area contributed by atoms with Crippen molar-refractivity contribution in [1.82, 2.24) is 4.98 Å². The third-order valence-corrected chi connectivity index (χ3v) is 5.48. The van der Waals surface area contributed by atoms with Crippen molar-refractivity contribution in [2.75, 3.05) is 0 Å². The molecule has 1 aromatic heterocycles. The van der Waals surface area contributed by atoms with Crippen molar-refractivity contribution in [2.24, 2.45) is 5.41 Å². The molecule has 0 spiro atoms. The lowest BCUT2D eigenvalue weighted by atomic mass is 9.87. The van der Waals surface area contributed by atoms with Gasteiger partial charge in [0.05, 0.1) is 11.8 Å². The molecule has 0 saturated heterocycles. The highest BCUT2D eigenvalue weighted by molar-refractivity contribution is 5.81. The lowest BCUT2D eigenvalue weighted by molar-refractivity contribution is -0.142. The molecule has 0 radical (unpaired) electrons. The van der Waals surface area contributed by atoms with E-state index >= 15 is 0 Å². The van der Waals surface area contributed by atoms with E-state index < -0.39 is 11.4 Å². The summed E-state index contributed by atoms with van der Waals surface area (Å²) in [5.41, 5.74) is 2.03. The highest BCUT2D eigenvalue weighted by Gasteiger charge is 2.34. The van der Waals surface area contributed by atoms with Crippen LogP contribution < -0.4 is 4.74 Å². The summed E-state index contributed by atoms with van der Waals surface area (Å²) >= 11 is 0. The van der Waals surface area contributed by atoms with Crippen molar-refractivity contribution < 1.29 is 9.53 Å². The maximum absolute atomic E-state index is 12.5. The van der Waals surface area contributed by atoms with E-state index in [9.17, 15) is 10.1 Å². The molecular formula is C26H34N2O2. The topological polar surface area (TPSA) is 63.0 Å². The van der Waals surface area contributed by atoms with Gasteiger partial charge in [-0.15, -0.1) is 0 Å². The third-order valence-electron chi connectivity index (χ3n) is 5.48. The molecule has 0 aliphatic carbocycles. The molecule has 1 aromatic carbocycles. The molecule has 0 aliphatic heterocycles. The first-order valence-corrected chi connectivity index (χ1v) is 11.2. The lowest BCUT2D eigenvalue weighted by Crippen LogP contribution is -2.30. The molecule has 0 aliphatic rings. The van der Waals surface area contributed by atoms with Gasteiger partial charge in [0.25, 0.3) is 0 Å². The number of ether oxygens (including phenoxy) is 1. The van der Waals surface area contributed by atoms with Gasteiger partial charge in [-0.2, -0.15) is 5.26 Å². The monoisotopic (exact) mass is 406 g/mol. The van der Waals surface area contributed by atoms with E-state index in [-0.39, 0.29) is 0 Å². The van der Waals surface area contributed by atoms with Gasteiger partial charge in [0.2, 0.25) is 0 Å². The molecule has 1 heterocycles. The number of benzene rings is 1. The summed E-state index contributed by atoms with van der Waals surface area (Å²) < 4.78 is 5.47. The van der Waals surface area contributed by atoms with Gasteiger partial charge in [-0.05, 0) is 62.1 Å². The van der Waals surface area contributed by atoms with Gasteiger partial charge in [-0.25, -0.2) is 4.79 Å². The van der Waals surface area contributed by atoms with E-state index in [1.54, 1.807) is 19.1 Å². The first kappa shape index (κ1) is 23.6. The minimum atomic E-state index is -1.11. The Morgan fingerprint density at radius 2 is 1.70 bits per heavy atom. The quantitative estimate of drug-likeness (QED) is 0.219. The zero-order valence-electron chi connectivity index (χ0n) is 18.6. The second-order valence-corrected chi connectivity index (χ2v) is 8.18. The van der Waals surface area contributed by atoms with E-state index in [1.807, 2.05) is 31.3 Å². The number of carbonyl (C=O) groups excluding carboxylic acids is 1. The predicted molar refractivity (Wildman–Crippen MR) is 121 cm³/mol. The van der Waals surface area contributed by atoms with Crippen LogP contribution in [0, 0.1) is 16.7 Å². The molecule has 1 atom stereocenters. The fourth-order valence-corrected chi connectivity index (χ4v) is 3.32. The summed E-state index contributed by atoms with van der Waals surface area (Å²) in [4.78, 5) is 17.0. The van der Waals surface area contributed by atoms with Gasteiger partial charge in [-0.3, -0.25) is 4.98 Å². The molecule has 30 heavy (non-hydrogen) atoms. The number of hydrogen-bond acceptors (Lipinski definition) is 4. The summed E-state index contributed by atoms with van der Waals surface area (Å²) in [5.74, 6) is -0.0435. The maximum atomic E-state index is 12.5. The Labute approximate surface area is 181 Å². The molecule has 2 aromatic rings. The van der Waals surface area contributed by atoms with Gasteiger partial charge >= 0.3 is 5.97 Å². The molecule has 4 heteroatoms. The zero-order chi connectivity index (χ0) is 21.8. The number of rotatable bonds is 12. The summed E-state index contributed by atoms with van der Waals surface area (Å²) in [6.45, 7) is 5.92. The number of aromatic nitrogens is 1. The van der Waals surface area contributed by atoms with Gasteiger partial charge in [-0.1, -0.05) is 58.4 Å². The molecular weight excluding hydrogens is 372 g/mol. The molecule has 0 bridgehead atoms. The Bertz CT molecular complexity index is 822. The Balaban J connectivity index is 1.94. The summed E-state index contributed by atoms with van der Waals surface area (Å²) in [7, 11) is 0. The van der Waals surface area contributed by atoms with Crippen molar-refractivity contribution in [3.8, 4) is 23.1 Å². The van der Waals surface area contributed by atoms with Crippen LogP contribution in [0.15, 0.2) is 42.6 Å². The Kier molecular flexibility index (Phi) is 9.54. The second-order valence-electron chi connectivity index (χ2n) is 8.18. The van der Waals surface area contributed by atoms with Crippen LogP contribution in [0.25, 0.3) is 11.3 Å². The van der Waals surface area contributed by atoms with Crippen LogP contribution in [-0.2, 0) is 11.2 Å². The van der Waals surface area contributed by atoms with Gasteiger partial charge in [0.1, 0.15) is 5.75 Å². The largest absolute Gasteiger partial charge is 0.425 e. The van der Waals surface area contributed by atoms with Crippen molar-refractivity contribution in [1.29, 1.82) is 5.26 Å². The molecule has 0 saturated carbocycles. The van der Waals surface area contributed by atoms with Crippen molar-refractivity contribution in [2.45, 2.75) is 78.6 Å². The Hall–Kier alpha value is -2.67. The number of aryl methyl sites for hydroxylation is 1. The molecule has 0 amide bonds. The number of nitriles is 1. The van der Waals surface area contributed by atoms with E-state index in [4.69, 9.17) is 4.74 Å². The average molecular weight is 407 g/mol. The fourth-order valence-electron chi connectivity index (χ4n) is 3.32. The first-order chi connectivity index (χ1) is 14.5. The van der Waals surface area contributed by atoms with E-state index in [1.165, 1.54) is 37.7 Å². The van der Waals surface area contributed by atoms with Gasteiger partial charge in [0.15, 0.2) is 5.41 Å². The van der Waals surface area contributed by atoms with E-state index in [2.05, 4.69) is 24.0 Å². The number of nitrogens with zero attached hydrogens (tertiary/aromatic N) is 2. The predicted octanol–water partition coefficient (Wildman–Crippen LogP) is 6.89. The smallest absolute Gasteiger partial charge is 0.331 e. The second kappa shape index (κ2) is 12.1. The molecule has 1 unspecified atom stereocenters. The number of hydrogen-bond donors (Lipinski definition) is 0. The summed E-state index contributed by atoms with van der Waals surface area (Å²) in [6.07, 6.45) is 11.7. The number of pyridine rings is 1. The molecule has 0 fully saturated rings. The molecule has 0 N–H and O–H groups in total. The SMILES string of the molecule is CCCCCCCc1ccc(-c2ccc(OC(=O)C(C)(C#N)CCCC)cc2)nc1. The highest BCUT2D eigenvalue weighted by Crippen LogP contribution is 2.27. The van der Waals surface area contributed by atoms with Crippen LogP contribution >= 0.6 is 0 Å². The summed E-state index contributed by atoms with van der Waals surface area (Å²) in [5, 5.41) is 9.41.